The Morgan fingerprint density at radius 2 is 2.00 bits per heavy atom. The molecule has 31 heavy (non-hydrogen) atoms. The van der Waals surface area contributed by atoms with Gasteiger partial charge in [0, 0.05) is 5.56 Å². The first-order chi connectivity index (χ1) is 14.7. The summed E-state index contributed by atoms with van der Waals surface area (Å²) in [4.78, 5) is 26.2. The number of hydrogen-bond acceptors (Lipinski definition) is 6. The van der Waals surface area contributed by atoms with Crippen molar-refractivity contribution in [3.8, 4) is 11.5 Å². The van der Waals surface area contributed by atoms with Crippen LogP contribution in [0.2, 0.25) is 0 Å². The number of halogens is 3. The summed E-state index contributed by atoms with van der Waals surface area (Å²) in [7, 11) is 0. The molecule has 0 saturated carbocycles. The zero-order chi connectivity index (χ0) is 22.2. The minimum atomic E-state index is -4.86. The van der Waals surface area contributed by atoms with E-state index in [9.17, 15) is 22.8 Å². The van der Waals surface area contributed by atoms with Crippen molar-refractivity contribution in [1.82, 2.24) is 5.32 Å². The fourth-order valence-corrected chi connectivity index (χ4v) is 4.13. The van der Waals surface area contributed by atoms with E-state index < -0.39 is 12.3 Å². The van der Waals surface area contributed by atoms with Gasteiger partial charge in [-0.05, 0) is 29.8 Å². The molecule has 1 N–H and O–H groups in total. The number of thiocarbonyl (C=S) groups is 1. The van der Waals surface area contributed by atoms with E-state index in [-0.39, 0.29) is 30.4 Å². The highest BCUT2D eigenvalue weighted by atomic mass is 32.2. The van der Waals surface area contributed by atoms with Crippen LogP contribution in [0.1, 0.15) is 11.1 Å². The van der Waals surface area contributed by atoms with E-state index >= 15 is 0 Å². The molecule has 2 heterocycles. The van der Waals surface area contributed by atoms with Crippen LogP contribution < -0.4 is 19.7 Å². The molecule has 6 nitrogen and oxygen atoms in total. The average Bonchev–Trinajstić information content (AvgIpc) is 3.01. The van der Waals surface area contributed by atoms with E-state index in [1.807, 2.05) is 0 Å². The van der Waals surface area contributed by atoms with Crippen molar-refractivity contribution >= 4 is 51.9 Å². The molecule has 0 unspecified atom stereocenters. The molecule has 11 heteroatoms. The summed E-state index contributed by atoms with van der Waals surface area (Å²) >= 11 is 6.08. The summed E-state index contributed by atoms with van der Waals surface area (Å²) in [6.45, 7) is -0.400. The molecule has 160 valence electrons. The fourth-order valence-electron chi connectivity index (χ4n) is 3.08. The van der Waals surface area contributed by atoms with Gasteiger partial charge in [0.15, 0.2) is 6.61 Å². The number of rotatable bonds is 4. The van der Waals surface area contributed by atoms with Crippen molar-refractivity contribution in [3.05, 3.63) is 58.5 Å². The van der Waals surface area contributed by atoms with Crippen LogP contribution in [0.3, 0.4) is 0 Å². The molecule has 2 aromatic carbocycles. The number of nitrogens with zero attached hydrogens (tertiary/aromatic N) is 1. The summed E-state index contributed by atoms with van der Waals surface area (Å²) in [5.41, 5.74) is 1.16. The second-order valence-corrected chi connectivity index (χ2v) is 8.22. The van der Waals surface area contributed by atoms with Gasteiger partial charge < -0.3 is 19.7 Å². The van der Waals surface area contributed by atoms with Gasteiger partial charge in [0.1, 0.15) is 15.8 Å². The van der Waals surface area contributed by atoms with E-state index in [4.69, 9.17) is 17.0 Å². The molecule has 1 saturated heterocycles. The van der Waals surface area contributed by atoms with E-state index in [2.05, 4.69) is 10.1 Å². The molecule has 4 rings (SSSR count). The lowest BCUT2D eigenvalue weighted by Gasteiger charge is -2.30. The third-order valence-electron chi connectivity index (χ3n) is 4.39. The summed E-state index contributed by atoms with van der Waals surface area (Å²) in [5, 5.41) is 2.51. The normalized spacial score (nSPS) is 17.5. The van der Waals surface area contributed by atoms with Crippen LogP contribution in [0.5, 0.6) is 11.5 Å². The van der Waals surface area contributed by atoms with Gasteiger partial charge in [-0.2, -0.15) is 0 Å². The Kier molecular flexibility index (Phi) is 5.63. The number of para-hydroxylation sites is 1. The quantitative estimate of drug-likeness (QED) is 0.543. The third-order valence-corrected chi connectivity index (χ3v) is 5.56. The summed E-state index contributed by atoms with van der Waals surface area (Å²) in [6.07, 6.45) is -3.25. The first-order valence-corrected chi connectivity index (χ1v) is 10.1. The molecule has 0 spiro atoms. The Morgan fingerprint density at radius 1 is 1.23 bits per heavy atom. The van der Waals surface area contributed by atoms with Crippen molar-refractivity contribution in [2.75, 3.05) is 11.5 Å². The molecule has 2 aromatic rings. The van der Waals surface area contributed by atoms with Gasteiger partial charge in [-0.3, -0.25) is 9.59 Å². The zero-order valence-electron chi connectivity index (χ0n) is 15.6. The number of carbonyl (C=O) groups excluding carboxylic acids is 2. The SMILES string of the molecule is O=C1NC(=S)S/C1=C/c1ccc2c(c1)N(Cc1ccccc1OC(F)(F)F)C(=O)CO2. The maximum absolute atomic E-state index is 12.7. The number of anilines is 1. The van der Waals surface area contributed by atoms with Crippen molar-refractivity contribution < 1.29 is 32.2 Å². The standard InChI is InChI=1S/C20H13F3N2O4S2/c21-20(22,23)29-14-4-2-1-3-12(14)9-25-13-7-11(5-6-15(13)28-10-17(25)26)8-16-18(27)24-19(30)31-16/h1-8H,9-10H2,(H,24,27,30)/b16-8+. The van der Waals surface area contributed by atoms with Crippen molar-refractivity contribution in [2.24, 2.45) is 0 Å². The molecule has 0 bridgehead atoms. The number of nitrogens with one attached hydrogen (secondary N) is 1. The van der Waals surface area contributed by atoms with E-state index in [1.54, 1.807) is 30.3 Å². The second kappa shape index (κ2) is 8.23. The van der Waals surface area contributed by atoms with Gasteiger partial charge >= 0.3 is 6.36 Å². The van der Waals surface area contributed by atoms with Crippen LogP contribution in [-0.2, 0) is 16.1 Å². The molecule has 1 fully saturated rings. The Bertz CT molecular complexity index is 1120. The third kappa shape index (κ3) is 4.83. The average molecular weight is 466 g/mol. The first-order valence-electron chi connectivity index (χ1n) is 8.85. The Hall–Kier alpha value is -3.05. The summed E-state index contributed by atoms with van der Waals surface area (Å²) in [5.74, 6) is -0.736. The maximum Gasteiger partial charge on any atom is 0.573 e. The van der Waals surface area contributed by atoms with Crippen LogP contribution >= 0.6 is 24.0 Å². The number of fused-ring (bicyclic) bond motifs is 1. The van der Waals surface area contributed by atoms with Gasteiger partial charge in [-0.1, -0.05) is 48.2 Å². The van der Waals surface area contributed by atoms with Gasteiger partial charge in [0.05, 0.1) is 17.1 Å². The fraction of sp³-hybridized carbons (Fsp3) is 0.150. The lowest BCUT2D eigenvalue weighted by molar-refractivity contribution is -0.274. The second-order valence-electron chi connectivity index (χ2n) is 6.50. The molecule has 0 radical (unpaired) electrons. The Labute approximate surface area is 184 Å². The molecule has 2 amide bonds. The van der Waals surface area contributed by atoms with E-state index in [0.29, 0.717) is 26.2 Å². The minimum absolute atomic E-state index is 0.152. The van der Waals surface area contributed by atoms with Gasteiger partial charge in [0.25, 0.3) is 11.8 Å². The van der Waals surface area contributed by atoms with Crippen molar-refractivity contribution in [3.63, 3.8) is 0 Å². The topological polar surface area (TPSA) is 67.9 Å². The van der Waals surface area contributed by atoms with Crippen LogP contribution in [-0.4, -0.2) is 29.1 Å². The summed E-state index contributed by atoms with van der Waals surface area (Å²) in [6, 6.07) is 10.6. The molecule has 2 aliphatic rings. The maximum atomic E-state index is 12.7. The van der Waals surface area contributed by atoms with Crippen molar-refractivity contribution in [1.29, 1.82) is 0 Å². The first kappa shape index (κ1) is 21.2. The monoisotopic (exact) mass is 466 g/mol. The number of benzene rings is 2. The Morgan fingerprint density at radius 3 is 2.71 bits per heavy atom. The van der Waals surface area contributed by atoms with E-state index in [0.717, 1.165) is 11.8 Å². The lowest BCUT2D eigenvalue weighted by atomic mass is 10.1. The van der Waals surface area contributed by atoms with Gasteiger partial charge in [-0.15, -0.1) is 13.2 Å². The number of carbonyl (C=O) groups is 2. The van der Waals surface area contributed by atoms with Gasteiger partial charge in [-0.25, -0.2) is 0 Å². The minimum Gasteiger partial charge on any atom is -0.482 e. The van der Waals surface area contributed by atoms with Crippen LogP contribution in [0, 0.1) is 0 Å². The van der Waals surface area contributed by atoms with Crippen LogP contribution in [0.15, 0.2) is 47.4 Å². The molecular weight excluding hydrogens is 453 g/mol. The van der Waals surface area contributed by atoms with Crippen LogP contribution in [0.4, 0.5) is 18.9 Å². The molecule has 2 aliphatic heterocycles. The highest BCUT2D eigenvalue weighted by Gasteiger charge is 2.33. The summed E-state index contributed by atoms with van der Waals surface area (Å²) < 4.78 is 48.1. The number of amides is 2. The highest BCUT2D eigenvalue weighted by Crippen LogP contribution is 2.37. The highest BCUT2D eigenvalue weighted by molar-refractivity contribution is 8.26. The van der Waals surface area contributed by atoms with Crippen LogP contribution in [0.25, 0.3) is 6.08 Å². The largest absolute Gasteiger partial charge is 0.573 e. The zero-order valence-corrected chi connectivity index (χ0v) is 17.2. The molecule has 0 atom stereocenters. The number of thioether (sulfide) groups is 1. The number of ether oxygens (including phenoxy) is 2. The number of alkyl halides is 3. The predicted molar refractivity (Wildman–Crippen MR) is 113 cm³/mol. The molecule has 0 aliphatic carbocycles. The molecule has 0 aromatic heterocycles. The van der Waals surface area contributed by atoms with E-state index in [1.165, 1.54) is 23.1 Å². The lowest BCUT2D eigenvalue weighted by Crippen LogP contribution is -2.38. The smallest absolute Gasteiger partial charge is 0.482 e. The predicted octanol–water partition coefficient (Wildman–Crippen LogP) is 4.00. The Balaban J connectivity index is 1.67. The van der Waals surface area contributed by atoms with Crippen molar-refractivity contribution in [2.45, 2.75) is 12.9 Å². The van der Waals surface area contributed by atoms with Gasteiger partial charge in [0.2, 0.25) is 0 Å². The molecular formula is C20H13F3N2O4S2. The number of hydrogen-bond donors (Lipinski definition) is 1.